The molecular formula is C52H37O4P. The summed E-state index contributed by atoms with van der Waals surface area (Å²) in [7, 11) is -4.70. The zero-order chi connectivity index (χ0) is 37.6. The fourth-order valence-electron chi connectivity index (χ4n) is 11.1. The molecule has 0 atom stereocenters. The van der Waals surface area contributed by atoms with Gasteiger partial charge in [-0.2, -0.15) is 0 Å². The van der Waals surface area contributed by atoms with Crippen molar-refractivity contribution in [1.29, 1.82) is 0 Å². The lowest BCUT2D eigenvalue weighted by Gasteiger charge is -2.28. The minimum absolute atomic E-state index is 0.468. The monoisotopic (exact) mass is 756 g/mol. The quantitative estimate of drug-likeness (QED) is 0.141. The third kappa shape index (κ3) is 4.52. The summed E-state index contributed by atoms with van der Waals surface area (Å²) in [6.45, 7) is 0. The maximum absolute atomic E-state index is 14.7. The molecule has 13 rings (SSSR count). The van der Waals surface area contributed by atoms with Crippen molar-refractivity contribution < 1.29 is 18.5 Å². The smallest absolute Gasteiger partial charge is 0.394 e. The molecule has 2 aliphatic carbocycles. The van der Waals surface area contributed by atoms with E-state index in [-0.39, 0.29) is 0 Å². The number of rotatable bonds is 2. The van der Waals surface area contributed by atoms with Gasteiger partial charge in [-0.25, -0.2) is 4.57 Å². The molecule has 57 heavy (non-hydrogen) atoms. The third-order valence-electron chi connectivity index (χ3n) is 13.5. The highest BCUT2D eigenvalue weighted by molar-refractivity contribution is 7.48. The zero-order valence-electron chi connectivity index (χ0n) is 31.3. The molecule has 3 aliphatic rings. The molecule has 1 N–H and O–H groups in total. The van der Waals surface area contributed by atoms with Crippen LogP contribution in [0.15, 0.2) is 121 Å². The van der Waals surface area contributed by atoms with Gasteiger partial charge in [0.2, 0.25) is 0 Å². The van der Waals surface area contributed by atoms with Gasteiger partial charge in [0.05, 0.1) is 0 Å². The Morgan fingerprint density at radius 1 is 0.421 bits per heavy atom. The van der Waals surface area contributed by atoms with Crippen molar-refractivity contribution in [3.8, 4) is 44.9 Å². The lowest BCUT2D eigenvalue weighted by molar-refractivity contribution is 0.295. The molecule has 5 heteroatoms. The summed E-state index contributed by atoms with van der Waals surface area (Å²) in [5, 5.41) is 14.3. The average molecular weight is 757 g/mol. The highest BCUT2D eigenvalue weighted by Crippen LogP contribution is 2.62. The first kappa shape index (κ1) is 32.2. The van der Waals surface area contributed by atoms with Crippen LogP contribution in [-0.4, -0.2) is 4.89 Å². The molecule has 1 heterocycles. The van der Waals surface area contributed by atoms with Gasteiger partial charge in [-0.1, -0.05) is 109 Å². The molecule has 0 saturated carbocycles. The minimum Gasteiger partial charge on any atom is -0.394 e. The summed E-state index contributed by atoms with van der Waals surface area (Å²) >= 11 is 0. The molecule has 10 aromatic carbocycles. The molecule has 1 aliphatic heterocycles. The number of phosphoric acid groups is 1. The van der Waals surface area contributed by atoms with Gasteiger partial charge in [-0.15, -0.1) is 0 Å². The van der Waals surface area contributed by atoms with Crippen molar-refractivity contribution in [2.75, 3.05) is 0 Å². The molecule has 0 saturated heterocycles. The minimum atomic E-state index is -4.70. The van der Waals surface area contributed by atoms with Crippen molar-refractivity contribution in [2.24, 2.45) is 0 Å². The van der Waals surface area contributed by atoms with E-state index in [0.29, 0.717) is 11.5 Å². The van der Waals surface area contributed by atoms with E-state index in [2.05, 4.69) is 121 Å². The SMILES string of the molecule is O=P1(O)Oc2c(-c3ccc4ccc5cccc6ccc3c4c56)cc3c(c2-c2c4c(cc(-c5ccc6ccc7cccc8ccc5c6c78)c2O1)CCCC4)CCCC3. The Hall–Kier alpha value is -5.93. The Morgan fingerprint density at radius 3 is 1.23 bits per heavy atom. The second-order valence-electron chi connectivity index (χ2n) is 16.5. The van der Waals surface area contributed by atoms with Gasteiger partial charge in [0.15, 0.2) is 0 Å². The predicted molar refractivity (Wildman–Crippen MR) is 235 cm³/mol. The van der Waals surface area contributed by atoms with E-state index in [1.54, 1.807) is 0 Å². The van der Waals surface area contributed by atoms with Crippen LogP contribution in [0.4, 0.5) is 0 Å². The van der Waals surface area contributed by atoms with Gasteiger partial charge in [0, 0.05) is 22.3 Å². The van der Waals surface area contributed by atoms with Crippen molar-refractivity contribution >= 4 is 72.5 Å². The normalized spacial score (nSPS) is 16.1. The van der Waals surface area contributed by atoms with Crippen LogP contribution in [0, 0.1) is 0 Å². The first-order valence-corrected chi connectivity index (χ1v) is 21.9. The largest absolute Gasteiger partial charge is 0.584 e. The highest BCUT2D eigenvalue weighted by atomic mass is 31.2. The van der Waals surface area contributed by atoms with Crippen molar-refractivity contribution in [3.05, 3.63) is 144 Å². The molecule has 0 aromatic heterocycles. The number of hydrogen-bond donors (Lipinski definition) is 1. The maximum atomic E-state index is 14.7. The van der Waals surface area contributed by atoms with E-state index in [1.165, 1.54) is 76.1 Å². The van der Waals surface area contributed by atoms with Gasteiger partial charge in [0.1, 0.15) is 11.5 Å². The number of aryl methyl sites for hydroxylation is 2. The molecule has 0 spiro atoms. The third-order valence-corrected chi connectivity index (χ3v) is 14.3. The molecular weight excluding hydrogens is 720 g/mol. The second kappa shape index (κ2) is 11.6. The summed E-state index contributed by atoms with van der Waals surface area (Å²) < 4.78 is 27.7. The van der Waals surface area contributed by atoms with E-state index in [0.717, 1.165) is 95.5 Å². The van der Waals surface area contributed by atoms with Crippen LogP contribution in [0.2, 0.25) is 0 Å². The van der Waals surface area contributed by atoms with Crippen LogP contribution in [0.3, 0.4) is 0 Å². The lowest BCUT2D eigenvalue weighted by atomic mass is 9.76. The molecule has 274 valence electrons. The number of hydrogen-bond acceptors (Lipinski definition) is 3. The summed E-state index contributed by atoms with van der Waals surface area (Å²) in [4.78, 5) is 12.0. The molecule has 0 radical (unpaired) electrons. The van der Waals surface area contributed by atoms with Crippen LogP contribution in [0.25, 0.3) is 98.0 Å². The van der Waals surface area contributed by atoms with E-state index in [1.807, 2.05) is 0 Å². The van der Waals surface area contributed by atoms with Crippen LogP contribution in [0.5, 0.6) is 11.5 Å². The Morgan fingerprint density at radius 2 is 0.789 bits per heavy atom. The Kier molecular flexibility index (Phi) is 6.53. The van der Waals surface area contributed by atoms with Crippen molar-refractivity contribution in [1.82, 2.24) is 0 Å². The molecule has 4 nitrogen and oxygen atoms in total. The summed E-state index contributed by atoms with van der Waals surface area (Å²) in [5.41, 5.74) is 10.7. The molecule has 10 aromatic rings. The first-order chi connectivity index (χ1) is 28.0. The summed E-state index contributed by atoms with van der Waals surface area (Å²) in [5.74, 6) is 0.936. The zero-order valence-corrected chi connectivity index (χ0v) is 32.2. The fraction of sp³-hybridized carbons (Fsp3) is 0.154. The van der Waals surface area contributed by atoms with Crippen LogP contribution >= 0.6 is 7.82 Å². The van der Waals surface area contributed by atoms with Crippen LogP contribution in [-0.2, 0) is 30.2 Å². The Balaban J connectivity index is 1.16. The van der Waals surface area contributed by atoms with Gasteiger partial charge < -0.3 is 9.05 Å². The van der Waals surface area contributed by atoms with Gasteiger partial charge in [0.25, 0.3) is 0 Å². The first-order valence-electron chi connectivity index (χ1n) is 20.4. The van der Waals surface area contributed by atoms with E-state index in [4.69, 9.17) is 9.05 Å². The number of benzene rings is 10. The summed E-state index contributed by atoms with van der Waals surface area (Å²) in [6, 6.07) is 43.9. The standard InChI is InChI=1S/C52H37O4P/c53-57(54)55-51-43(39-23-19-33-17-15-29-9-5-11-31-21-25-41(39)47(33)45(29)31)27-35-7-1-3-13-37(35)49(51)50-38-14-4-2-8-36(38)28-44(52(50)56-57)40-24-20-34-18-16-30-10-6-12-32-22-26-42(40)48(34)46(30)32/h5-6,9-12,15-28H,1-4,7-8,13-14H2,(H,53,54). The number of phosphoric ester groups is 1. The Labute approximate surface area is 329 Å². The average Bonchev–Trinajstić information content (AvgIpc) is 3.37. The van der Waals surface area contributed by atoms with Crippen molar-refractivity contribution in [2.45, 2.75) is 51.4 Å². The number of fused-ring (bicyclic) bond motifs is 7. The predicted octanol–water partition coefficient (Wildman–Crippen LogP) is 14.1. The topological polar surface area (TPSA) is 55.8 Å². The lowest BCUT2D eigenvalue weighted by Crippen LogP contribution is -2.10. The molecule has 0 fully saturated rings. The highest BCUT2D eigenvalue weighted by Gasteiger charge is 2.40. The van der Waals surface area contributed by atoms with Crippen molar-refractivity contribution in [3.63, 3.8) is 0 Å². The van der Waals surface area contributed by atoms with E-state index in [9.17, 15) is 9.46 Å². The van der Waals surface area contributed by atoms with E-state index >= 15 is 0 Å². The van der Waals surface area contributed by atoms with Gasteiger partial charge >= 0.3 is 7.82 Å². The van der Waals surface area contributed by atoms with Gasteiger partial charge in [-0.3, -0.25) is 4.89 Å². The molecule has 0 unspecified atom stereocenters. The van der Waals surface area contributed by atoms with E-state index < -0.39 is 7.82 Å². The van der Waals surface area contributed by atoms with Gasteiger partial charge in [-0.05, 0) is 162 Å². The second-order valence-corrected chi connectivity index (χ2v) is 17.8. The summed E-state index contributed by atoms with van der Waals surface area (Å²) in [6.07, 6.45) is 7.99. The molecule has 0 amide bonds. The van der Waals surface area contributed by atoms with Crippen LogP contribution in [0.1, 0.15) is 47.9 Å². The maximum Gasteiger partial charge on any atom is 0.584 e. The molecule has 0 bridgehead atoms. The van der Waals surface area contributed by atoms with Crippen LogP contribution < -0.4 is 9.05 Å². The fourth-order valence-corrected chi connectivity index (χ4v) is 12.0. The Bertz CT molecular complexity index is 3160.